The van der Waals surface area contributed by atoms with E-state index in [4.69, 9.17) is 4.74 Å². The van der Waals surface area contributed by atoms with Crippen LogP contribution in [0.15, 0.2) is 18.3 Å². The molecule has 3 amide bonds. The molecular weight excluding hydrogens is 298 g/mol. The van der Waals surface area contributed by atoms with E-state index in [1.807, 2.05) is 0 Å². The van der Waals surface area contributed by atoms with E-state index in [0.29, 0.717) is 18.1 Å². The molecule has 0 aromatic carbocycles. The fraction of sp³-hybridized carbons (Fsp3) is 0.533. The second-order valence-corrected chi connectivity index (χ2v) is 5.41. The van der Waals surface area contributed by atoms with Gasteiger partial charge in [-0.15, -0.1) is 0 Å². The number of pyridine rings is 1. The number of amides is 3. The number of rotatable bonds is 5. The van der Waals surface area contributed by atoms with Gasteiger partial charge in [0, 0.05) is 32.2 Å². The first kappa shape index (κ1) is 17.0. The monoisotopic (exact) mass is 321 g/mol. The van der Waals surface area contributed by atoms with Gasteiger partial charge in [0.25, 0.3) is 0 Å². The van der Waals surface area contributed by atoms with E-state index in [1.54, 1.807) is 32.5 Å². The Labute approximate surface area is 135 Å². The first-order valence-corrected chi connectivity index (χ1v) is 7.61. The lowest BCUT2D eigenvalue weighted by Crippen LogP contribution is -2.48. The highest BCUT2D eigenvalue weighted by Gasteiger charge is 2.21. The molecule has 0 bridgehead atoms. The van der Waals surface area contributed by atoms with Gasteiger partial charge in [-0.05, 0) is 18.9 Å². The molecule has 0 unspecified atom stereocenters. The quantitative estimate of drug-likeness (QED) is 0.730. The predicted octanol–water partition coefficient (Wildman–Crippen LogP) is 0.422. The third-order valence-corrected chi connectivity index (χ3v) is 3.77. The third-order valence-electron chi connectivity index (χ3n) is 3.77. The van der Waals surface area contributed by atoms with Crippen LogP contribution in [0.3, 0.4) is 0 Å². The summed E-state index contributed by atoms with van der Waals surface area (Å²) in [4.78, 5) is 29.4. The summed E-state index contributed by atoms with van der Waals surface area (Å²) in [5, 5.41) is 8.31. The maximum absolute atomic E-state index is 12.0. The Balaban J connectivity index is 1.72. The van der Waals surface area contributed by atoms with E-state index in [-0.39, 0.29) is 18.0 Å². The van der Waals surface area contributed by atoms with E-state index < -0.39 is 0 Å². The third kappa shape index (κ3) is 5.41. The smallest absolute Gasteiger partial charge is 0.319 e. The summed E-state index contributed by atoms with van der Waals surface area (Å²) in [7, 11) is 3.17. The zero-order valence-corrected chi connectivity index (χ0v) is 13.5. The van der Waals surface area contributed by atoms with Crippen LogP contribution in [0.5, 0.6) is 5.88 Å². The van der Waals surface area contributed by atoms with E-state index in [2.05, 4.69) is 25.8 Å². The van der Waals surface area contributed by atoms with Crippen molar-refractivity contribution in [1.82, 2.24) is 20.5 Å². The van der Waals surface area contributed by atoms with Gasteiger partial charge in [-0.1, -0.05) is 0 Å². The van der Waals surface area contributed by atoms with Crippen molar-refractivity contribution in [2.24, 2.45) is 0 Å². The number of hydrogen-bond donors (Lipinski definition) is 3. The molecule has 8 nitrogen and oxygen atoms in total. The average Bonchev–Trinajstić information content (AvgIpc) is 2.57. The SMILES string of the molecule is CNC(=O)CN1CCC(NC(=O)Nc2ccc(OC)nc2)CC1. The molecule has 1 aliphatic rings. The molecule has 0 radical (unpaired) electrons. The molecule has 1 saturated heterocycles. The van der Waals surface area contributed by atoms with Crippen molar-refractivity contribution in [2.75, 3.05) is 39.1 Å². The number of methoxy groups -OCH3 is 1. The Morgan fingerprint density at radius 2 is 2.09 bits per heavy atom. The lowest BCUT2D eigenvalue weighted by Gasteiger charge is -2.31. The summed E-state index contributed by atoms with van der Waals surface area (Å²) < 4.78 is 4.97. The van der Waals surface area contributed by atoms with Crippen LogP contribution in [-0.4, -0.2) is 61.7 Å². The molecule has 0 saturated carbocycles. The molecule has 0 aliphatic carbocycles. The predicted molar refractivity (Wildman–Crippen MR) is 86.5 cm³/mol. The molecule has 1 fully saturated rings. The van der Waals surface area contributed by atoms with Crippen molar-refractivity contribution in [3.8, 4) is 5.88 Å². The van der Waals surface area contributed by atoms with Crippen LogP contribution < -0.4 is 20.7 Å². The molecule has 0 atom stereocenters. The van der Waals surface area contributed by atoms with Crippen LogP contribution in [0.4, 0.5) is 10.5 Å². The summed E-state index contributed by atoms with van der Waals surface area (Å²) in [5.74, 6) is 0.514. The largest absolute Gasteiger partial charge is 0.481 e. The van der Waals surface area contributed by atoms with Crippen LogP contribution >= 0.6 is 0 Å². The van der Waals surface area contributed by atoms with Gasteiger partial charge in [0.1, 0.15) is 0 Å². The van der Waals surface area contributed by atoms with Crippen LogP contribution in [0.25, 0.3) is 0 Å². The van der Waals surface area contributed by atoms with Crippen molar-refractivity contribution in [1.29, 1.82) is 0 Å². The summed E-state index contributed by atoms with van der Waals surface area (Å²) in [6, 6.07) is 3.29. The van der Waals surface area contributed by atoms with Crippen molar-refractivity contribution in [2.45, 2.75) is 18.9 Å². The van der Waals surface area contributed by atoms with Crippen molar-refractivity contribution < 1.29 is 14.3 Å². The highest BCUT2D eigenvalue weighted by Crippen LogP contribution is 2.12. The van der Waals surface area contributed by atoms with Gasteiger partial charge in [-0.3, -0.25) is 9.69 Å². The first-order chi connectivity index (χ1) is 11.1. The number of likely N-dealkylation sites (tertiary alicyclic amines) is 1. The number of hydrogen-bond acceptors (Lipinski definition) is 5. The number of ether oxygens (including phenoxy) is 1. The number of carbonyl (C=O) groups excluding carboxylic acids is 2. The standard InChI is InChI=1S/C15H23N5O3/c1-16-13(21)10-20-7-5-11(6-8-20)18-15(22)19-12-3-4-14(23-2)17-9-12/h3-4,9,11H,5-8,10H2,1-2H3,(H,16,21)(H2,18,19,22). The van der Waals surface area contributed by atoms with Crippen LogP contribution in [0.1, 0.15) is 12.8 Å². The number of likely N-dealkylation sites (N-methyl/N-ethyl adjacent to an activating group) is 1. The van der Waals surface area contributed by atoms with Crippen molar-refractivity contribution in [3.63, 3.8) is 0 Å². The molecule has 1 aliphatic heterocycles. The molecule has 126 valence electrons. The first-order valence-electron chi connectivity index (χ1n) is 7.61. The number of aromatic nitrogens is 1. The van der Waals surface area contributed by atoms with Gasteiger partial charge in [-0.25, -0.2) is 9.78 Å². The fourth-order valence-electron chi connectivity index (χ4n) is 2.45. The summed E-state index contributed by atoms with van der Waals surface area (Å²) in [6.07, 6.45) is 3.20. The minimum absolute atomic E-state index is 0.0150. The lowest BCUT2D eigenvalue weighted by molar-refractivity contribution is -0.122. The number of anilines is 1. The van der Waals surface area contributed by atoms with Gasteiger partial charge >= 0.3 is 6.03 Å². The molecule has 2 heterocycles. The van der Waals surface area contributed by atoms with Gasteiger partial charge in [0.15, 0.2) is 0 Å². The van der Waals surface area contributed by atoms with E-state index in [1.165, 1.54) is 0 Å². The van der Waals surface area contributed by atoms with Gasteiger partial charge in [0.2, 0.25) is 11.8 Å². The topological polar surface area (TPSA) is 95.6 Å². The maximum Gasteiger partial charge on any atom is 0.319 e. The number of urea groups is 1. The second kappa shape index (κ2) is 8.33. The normalized spacial score (nSPS) is 15.7. The Hall–Kier alpha value is -2.35. The van der Waals surface area contributed by atoms with Crippen LogP contribution in [0.2, 0.25) is 0 Å². The van der Waals surface area contributed by atoms with E-state index in [0.717, 1.165) is 25.9 Å². The van der Waals surface area contributed by atoms with Crippen LogP contribution in [-0.2, 0) is 4.79 Å². The molecule has 3 N–H and O–H groups in total. The van der Waals surface area contributed by atoms with Gasteiger partial charge < -0.3 is 20.7 Å². The molecule has 23 heavy (non-hydrogen) atoms. The fourth-order valence-corrected chi connectivity index (χ4v) is 2.45. The zero-order chi connectivity index (χ0) is 16.7. The summed E-state index contributed by atoms with van der Waals surface area (Å²) >= 11 is 0. The Morgan fingerprint density at radius 1 is 1.35 bits per heavy atom. The highest BCUT2D eigenvalue weighted by molar-refractivity contribution is 5.89. The average molecular weight is 321 g/mol. The molecule has 1 aromatic rings. The van der Waals surface area contributed by atoms with Crippen LogP contribution in [0, 0.1) is 0 Å². The van der Waals surface area contributed by atoms with Crippen molar-refractivity contribution >= 4 is 17.6 Å². The Bertz CT molecular complexity index is 526. The maximum atomic E-state index is 12.0. The Kier molecular flexibility index (Phi) is 6.16. The number of piperidine rings is 1. The lowest BCUT2D eigenvalue weighted by atomic mass is 10.1. The number of nitrogens with one attached hydrogen (secondary N) is 3. The minimum Gasteiger partial charge on any atom is -0.481 e. The second-order valence-electron chi connectivity index (χ2n) is 5.41. The minimum atomic E-state index is -0.248. The highest BCUT2D eigenvalue weighted by atomic mass is 16.5. The number of nitrogens with zero attached hydrogens (tertiary/aromatic N) is 2. The molecule has 8 heteroatoms. The van der Waals surface area contributed by atoms with Gasteiger partial charge in [-0.2, -0.15) is 0 Å². The summed E-state index contributed by atoms with van der Waals surface area (Å²) in [6.45, 7) is 2.00. The number of carbonyl (C=O) groups is 2. The van der Waals surface area contributed by atoms with E-state index >= 15 is 0 Å². The Morgan fingerprint density at radius 3 is 2.65 bits per heavy atom. The molecule has 0 spiro atoms. The van der Waals surface area contributed by atoms with E-state index in [9.17, 15) is 9.59 Å². The molecular formula is C15H23N5O3. The molecule has 1 aromatic heterocycles. The summed E-state index contributed by atoms with van der Waals surface area (Å²) in [5.41, 5.74) is 0.611. The van der Waals surface area contributed by atoms with Crippen molar-refractivity contribution in [3.05, 3.63) is 18.3 Å². The van der Waals surface area contributed by atoms with Gasteiger partial charge in [0.05, 0.1) is 25.5 Å². The molecule has 2 rings (SSSR count). The zero-order valence-electron chi connectivity index (χ0n) is 13.5.